The van der Waals surface area contributed by atoms with E-state index in [2.05, 4.69) is 12.2 Å². The van der Waals surface area contributed by atoms with Crippen LogP contribution in [0.2, 0.25) is 0 Å². The lowest BCUT2D eigenvalue weighted by Gasteiger charge is -2.18. The molecule has 13 heavy (non-hydrogen) atoms. The Bertz CT molecular complexity index is 180. The smallest absolute Gasteiger partial charge is 0.236 e. The number of carbonyl (C=O) groups is 1. The van der Waals surface area contributed by atoms with Crippen molar-refractivity contribution in [3.05, 3.63) is 0 Å². The van der Waals surface area contributed by atoms with Crippen LogP contribution in [0.4, 0.5) is 0 Å². The van der Waals surface area contributed by atoms with Crippen LogP contribution in [0, 0.1) is 5.92 Å². The van der Waals surface area contributed by atoms with Crippen molar-refractivity contribution in [1.82, 2.24) is 10.2 Å². The van der Waals surface area contributed by atoms with Gasteiger partial charge in [0, 0.05) is 20.1 Å². The lowest BCUT2D eigenvalue weighted by Crippen LogP contribution is -2.39. The first kappa shape index (κ1) is 10.5. The van der Waals surface area contributed by atoms with Crippen LogP contribution in [0.5, 0.6) is 0 Å². The number of rotatable bonds is 3. The third kappa shape index (κ3) is 2.99. The predicted molar refractivity (Wildman–Crippen MR) is 53.5 cm³/mol. The normalized spacial score (nSPS) is 27.6. The fraction of sp³-hybridized carbons (Fsp3) is 0.900. The Kier molecular flexibility index (Phi) is 3.72. The molecule has 0 aromatic carbocycles. The summed E-state index contributed by atoms with van der Waals surface area (Å²) >= 11 is 0. The van der Waals surface area contributed by atoms with Gasteiger partial charge in [0.25, 0.3) is 0 Å². The Morgan fingerprint density at radius 2 is 2.15 bits per heavy atom. The highest BCUT2D eigenvalue weighted by atomic mass is 16.2. The lowest BCUT2D eigenvalue weighted by molar-refractivity contribution is -0.127. The largest absolute Gasteiger partial charge is 0.348 e. The van der Waals surface area contributed by atoms with E-state index in [9.17, 15) is 4.79 Å². The minimum Gasteiger partial charge on any atom is -0.348 e. The molecule has 0 saturated heterocycles. The maximum absolute atomic E-state index is 11.3. The Labute approximate surface area is 80.5 Å². The number of hydrogen-bond donors (Lipinski definition) is 1. The van der Waals surface area contributed by atoms with Crippen LogP contribution in [0.15, 0.2) is 0 Å². The molecule has 1 aliphatic rings. The summed E-state index contributed by atoms with van der Waals surface area (Å²) in [5.74, 6) is 0.897. The van der Waals surface area contributed by atoms with E-state index >= 15 is 0 Å². The summed E-state index contributed by atoms with van der Waals surface area (Å²) in [6, 6.07) is 0.559. The molecular formula is C10H20N2O. The highest BCUT2D eigenvalue weighted by Gasteiger charge is 2.23. The molecule has 0 aromatic rings. The number of amides is 1. The Hall–Kier alpha value is -0.570. The zero-order valence-corrected chi connectivity index (χ0v) is 8.84. The monoisotopic (exact) mass is 184 g/mol. The van der Waals surface area contributed by atoms with E-state index in [1.54, 1.807) is 19.0 Å². The molecule has 0 heterocycles. The van der Waals surface area contributed by atoms with Crippen molar-refractivity contribution in [1.29, 1.82) is 0 Å². The standard InChI is InChI=1S/C10H20N2O/c1-8-5-4-6-9(8)11-7-10(13)12(2)3/h8-9,11H,4-7H2,1-3H3/t8-,9-/m0/s1. The number of nitrogens with one attached hydrogen (secondary N) is 1. The van der Waals surface area contributed by atoms with E-state index in [-0.39, 0.29) is 5.91 Å². The highest BCUT2D eigenvalue weighted by molar-refractivity contribution is 5.77. The summed E-state index contributed by atoms with van der Waals surface area (Å²) < 4.78 is 0. The quantitative estimate of drug-likeness (QED) is 0.705. The van der Waals surface area contributed by atoms with Crippen molar-refractivity contribution < 1.29 is 4.79 Å². The summed E-state index contributed by atoms with van der Waals surface area (Å²) in [4.78, 5) is 12.9. The average molecular weight is 184 g/mol. The van der Waals surface area contributed by atoms with Crippen molar-refractivity contribution in [3.63, 3.8) is 0 Å². The maximum atomic E-state index is 11.3. The predicted octanol–water partition coefficient (Wildman–Crippen LogP) is 0.853. The van der Waals surface area contributed by atoms with Crippen molar-refractivity contribution in [2.45, 2.75) is 32.2 Å². The van der Waals surface area contributed by atoms with Gasteiger partial charge in [0.05, 0.1) is 6.54 Å². The molecule has 3 heteroatoms. The molecule has 0 unspecified atom stereocenters. The molecule has 2 atom stereocenters. The van der Waals surface area contributed by atoms with E-state index < -0.39 is 0 Å². The van der Waals surface area contributed by atoms with Crippen molar-refractivity contribution in [3.8, 4) is 0 Å². The molecule has 0 aliphatic heterocycles. The first-order chi connectivity index (χ1) is 6.11. The Morgan fingerprint density at radius 1 is 1.46 bits per heavy atom. The molecule has 76 valence electrons. The summed E-state index contributed by atoms with van der Waals surface area (Å²) in [5.41, 5.74) is 0. The van der Waals surface area contributed by atoms with E-state index in [0.29, 0.717) is 12.6 Å². The van der Waals surface area contributed by atoms with Crippen LogP contribution < -0.4 is 5.32 Å². The van der Waals surface area contributed by atoms with E-state index in [1.807, 2.05) is 0 Å². The topological polar surface area (TPSA) is 32.3 Å². The van der Waals surface area contributed by atoms with Gasteiger partial charge < -0.3 is 10.2 Å². The molecule has 1 N–H and O–H groups in total. The van der Waals surface area contributed by atoms with Gasteiger partial charge in [0.15, 0.2) is 0 Å². The summed E-state index contributed by atoms with van der Waals surface area (Å²) in [6.45, 7) is 2.74. The molecule has 0 radical (unpaired) electrons. The van der Waals surface area contributed by atoms with Gasteiger partial charge in [-0.2, -0.15) is 0 Å². The zero-order valence-electron chi connectivity index (χ0n) is 8.84. The molecule has 0 spiro atoms. The average Bonchev–Trinajstić information content (AvgIpc) is 2.47. The fourth-order valence-corrected chi connectivity index (χ4v) is 1.83. The second kappa shape index (κ2) is 4.61. The second-order valence-corrected chi connectivity index (χ2v) is 4.18. The van der Waals surface area contributed by atoms with Crippen LogP contribution in [0.1, 0.15) is 26.2 Å². The highest BCUT2D eigenvalue weighted by Crippen LogP contribution is 2.24. The van der Waals surface area contributed by atoms with E-state index in [4.69, 9.17) is 0 Å². The molecule has 1 fully saturated rings. The van der Waals surface area contributed by atoms with E-state index in [0.717, 1.165) is 5.92 Å². The van der Waals surface area contributed by atoms with Crippen LogP contribution >= 0.6 is 0 Å². The van der Waals surface area contributed by atoms with Gasteiger partial charge in [-0.05, 0) is 18.8 Å². The number of nitrogens with zero attached hydrogens (tertiary/aromatic N) is 1. The summed E-state index contributed by atoms with van der Waals surface area (Å²) in [7, 11) is 3.59. The van der Waals surface area contributed by atoms with Gasteiger partial charge >= 0.3 is 0 Å². The Balaban J connectivity index is 2.22. The maximum Gasteiger partial charge on any atom is 0.236 e. The van der Waals surface area contributed by atoms with Crippen molar-refractivity contribution >= 4 is 5.91 Å². The summed E-state index contributed by atoms with van der Waals surface area (Å²) in [5, 5.41) is 3.32. The SMILES string of the molecule is C[C@H]1CCC[C@@H]1NCC(=O)N(C)C. The zero-order chi connectivity index (χ0) is 9.84. The Morgan fingerprint density at radius 3 is 2.62 bits per heavy atom. The lowest BCUT2D eigenvalue weighted by atomic mass is 10.1. The number of likely N-dealkylation sites (N-methyl/N-ethyl adjacent to an activating group) is 1. The van der Waals surface area contributed by atoms with Crippen molar-refractivity contribution in [2.75, 3.05) is 20.6 Å². The third-order valence-electron chi connectivity index (χ3n) is 2.88. The molecule has 1 saturated carbocycles. The first-order valence-corrected chi connectivity index (χ1v) is 5.05. The summed E-state index contributed by atoms with van der Waals surface area (Å²) in [6.07, 6.45) is 3.82. The second-order valence-electron chi connectivity index (χ2n) is 4.18. The van der Waals surface area contributed by atoms with Gasteiger partial charge in [-0.15, -0.1) is 0 Å². The molecule has 0 aromatic heterocycles. The first-order valence-electron chi connectivity index (χ1n) is 5.05. The minimum absolute atomic E-state index is 0.166. The minimum atomic E-state index is 0.166. The fourth-order valence-electron chi connectivity index (χ4n) is 1.83. The van der Waals surface area contributed by atoms with Gasteiger partial charge in [-0.1, -0.05) is 13.3 Å². The van der Waals surface area contributed by atoms with Crippen molar-refractivity contribution in [2.24, 2.45) is 5.92 Å². The van der Waals surface area contributed by atoms with E-state index in [1.165, 1.54) is 19.3 Å². The van der Waals surface area contributed by atoms with Gasteiger partial charge in [0.2, 0.25) is 5.91 Å². The number of hydrogen-bond acceptors (Lipinski definition) is 2. The third-order valence-corrected chi connectivity index (χ3v) is 2.88. The molecule has 1 amide bonds. The van der Waals surface area contributed by atoms with Crippen LogP contribution in [0.3, 0.4) is 0 Å². The molecule has 1 rings (SSSR count). The van der Waals surface area contributed by atoms with Gasteiger partial charge in [-0.3, -0.25) is 4.79 Å². The molecule has 3 nitrogen and oxygen atoms in total. The molecule has 1 aliphatic carbocycles. The molecule has 0 bridgehead atoms. The number of carbonyl (C=O) groups excluding carboxylic acids is 1. The van der Waals surface area contributed by atoms with Crippen LogP contribution in [-0.4, -0.2) is 37.5 Å². The van der Waals surface area contributed by atoms with Crippen LogP contribution in [-0.2, 0) is 4.79 Å². The molecular weight excluding hydrogens is 164 g/mol. The van der Waals surface area contributed by atoms with Crippen LogP contribution in [0.25, 0.3) is 0 Å². The van der Waals surface area contributed by atoms with Gasteiger partial charge in [0.1, 0.15) is 0 Å². The van der Waals surface area contributed by atoms with Gasteiger partial charge in [-0.25, -0.2) is 0 Å².